The normalized spacial score (nSPS) is 17.8. The van der Waals surface area contributed by atoms with Crippen molar-refractivity contribution in [2.45, 2.75) is 44.8 Å². The second-order valence-electron chi connectivity index (χ2n) is 5.51. The Morgan fingerprint density at radius 2 is 1.71 bits per heavy atom. The minimum Gasteiger partial charge on any atom is -0.542 e. The first-order valence-corrected chi connectivity index (χ1v) is 8.78. The maximum absolute atomic E-state index is 6.54. The van der Waals surface area contributed by atoms with Gasteiger partial charge in [-0.15, -0.1) is 0 Å². The van der Waals surface area contributed by atoms with Crippen LogP contribution in [0, 0.1) is 0 Å². The van der Waals surface area contributed by atoms with Gasteiger partial charge >= 0.3 is 0 Å². The third-order valence-corrected chi connectivity index (χ3v) is 9.29. The van der Waals surface area contributed by atoms with Gasteiger partial charge in [0.15, 0.2) is 0 Å². The molecular weight excluding hydrogens is 224 g/mol. The average molecular weight is 246 g/mol. The third kappa shape index (κ3) is 2.18. The summed E-state index contributed by atoms with van der Waals surface area (Å²) in [5, 5.41) is 0. The molecule has 0 saturated heterocycles. The molecule has 0 aromatic heterocycles. The molecule has 0 N–H and O–H groups in total. The van der Waals surface area contributed by atoms with Gasteiger partial charge in [0, 0.05) is 5.56 Å². The molecule has 1 nitrogen and oxygen atoms in total. The number of rotatable bonds is 2. The summed E-state index contributed by atoms with van der Waals surface area (Å²) in [5.41, 5.74) is 2.50. The molecule has 1 aromatic rings. The summed E-state index contributed by atoms with van der Waals surface area (Å²) in [4.78, 5) is 0. The first-order chi connectivity index (χ1) is 8.06. The second-order valence-corrected chi connectivity index (χ2v) is 10.3. The van der Waals surface area contributed by atoms with Crippen molar-refractivity contribution < 1.29 is 4.43 Å². The molecule has 2 rings (SSSR count). The number of hydrogen-bond acceptors (Lipinski definition) is 1. The third-order valence-electron chi connectivity index (χ3n) is 3.91. The molecule has 0 aliphatic carbocycles. The molecule has 0 fully saturated rings. The minimum absolute atomic E-state index is 0.637. The minimum atomic E-state index is -1.73. The Balaban J connectivity index is 2.44. The molecule has 0 bridgehead atoms. The highest BCUT2D eigenvalue weighted by molar-refractivity contribution is 6.77. The Morgan fingerprint density at radius 3 is 2.35 bits per heavy atom. The molecule has 2 heteroatoms. The monoisotopic (exact) mass is 246 g/mol. The lowest BCUT2D eigenvalue weighted by molar-refractivity contribution is 0.501. The molecule has 1 aliphatic rings. The van der Waals surface area contributed by atoms with E-state index in [-0.39, 0.29) is 0 Å². The van der Waals surface area contributed by atoms with E-state index in [9.17, 15) is 0 Å². The predicted octanol–water partition coefficient (Wildman–Crippen LogP) is 4.86. The lowest BCUT2D eigenvalue weighted by Gasteiger charge is -2.37. The van der Waals surface area contributed by atoms with Crippen LogP contribution in [0.1, 0.15) is 33.3 Å². The van der Waals surface area contributed by atoms with Gasteiger partial charge in [-0.1, -0.05) is 58.0 Å². The van der Waals surface area contributed by atoms with E-state index in [0.717, 1.165) is 11.8 Å². The lowest BCUT2D eigenvalue weighted by atomic mass is 10.2. The molecular formula is C15H22OSi. The largest absolute Gasteiger partial charge is 0.542 e. The SMILES string of the molecule is CC(C)[Si]1(C(C)C)CC=Cc2ccccc2O1. The topological polar surface area (TPSA) is 9.23 Å². The standard InChI is InChI=1S/C15H22OSi/c1-12(2)17(13(3)4)11-7-9-14-8-5-6-10-15(14)16-17/h5-10,12-13H,11H2,1-4H3. The zero-order valence-corrected chi connectivity index (χ0v) is 12.2. The summed E-state index contributed by atoms with van der Waals surface area (Å²) in [7, 11) is -1.73. The second kappa shape index (κ2) is 4.69. The van der Waals surface area contributed by atoms with Crippen molar-refractivity contribution in [3.05, 3.63) is 35.9 Å². The van der Waals surface area contributed by atoms with Crippen LogP contribution in [0.15, 0.2) is 30.3 Å². The van der Waals surface area contributed by atoms with Gasteiger partial charge in [-0.2, -0.15) is 0 Å². The van der Waals surface area contributed by atoms with Crippen molar-refractivity contribution in [2.24, 2.45) is 0 Å². The summed E-state index contributed by atoms with van der Waals surface area (Å²) in [5.74, 6) is 1.08. The summed E-state index contributed by atoms with van der Waals surface area (Å²) in [6.45, 7) is 9.25. The molecule has 92 valence electrons. The number of benzene rings is 1. The van der Waals surface area contributed by atoms with Crippen molar-refractivity contribution in [1.29, 1.82) is 0 Å². The fourth-order valence-electron chi connectivity index (χ4n) is 2.70. The van der Waals surface area contributed by atoms with Crippen molar-refractivity contribution in [2.75, 3.05) is 0 Å². The molecule has 0 saturated carbocycles. The highest BCUT2D eigenvalue weighted by atomic mass is 28.4. The van der Waals surface area contributed by atoms with Crippen LogP contribution in [0.5, 0.6) is 5.75 Å². The Labute approximate surface area is 106 Å². The number of allylic oxidation sites excluding steroid dienone is 1. The van der Waals surface area contributed by atoms with Gasteiger partial charge in [-0.3, -0.25) is 0 Å². The number of fused-ring (bicyclic) bond motifs is 1. The van der Waals surface area contributed by atoms with E-state index in [2.05, 4.69) is 64.1 Å². The Bertz CT molecular complexity index is 413. The van der Waals surface area contributed by atoms with Crippen molar-refractivity contribution >= 4 is 14.4 Å². The molecule has 0 spiro atoms. The van der Waals surface area contributed by atoms with Gasteiger partial charge < -0.3 is 4.43 Å². The van der Waals surface area contributed by atoms with E-state index >= 15 is 0 Å². The first kappa shape index (κ1) is 12.4. The predicted molar refractivity (Wildman–Crippen MR) is 76.9 cm³/mol. The van der Waals surface area contributed by atoms with Crippen LogP contribution < -0.4 is 4.43 Å². The Kier molecular flexibility index (Phi) is 3.43. The fraction of sp³-hybridized carbons (Fsp3) is 0.467. The summed E-state index contributed by atoms with van der Waals surface area (Å²) < 4.78 is 6.54. The van der Waals surface area contributed by atoms with E-state index in [4.69, 9.17) is 4.43 Å². The van der Waals surface area contributed by atoms with Gasteiger partial charge in [-0.05, 0) is 23.2 Å². The number of para-hydroxylation sites is 1. The molecule has 0 amide bonds. The highest BCUT2D eigenvalue weighted by Crippen LogP contribution is 2.41. The fourth-order valence-corrected chi connectivity index (χ4v) is 6.61. The zero-order chi connectivity index (χ0) is 12.5. The van der Waals surface area contributed by atoms with E-state index < -0.39 is 8.32 Å². The van der Waals surface area contributed by atoms with Gasteiger partial charge in [0.05, 0.1) is 0 Å². The van der Waals surface area contributed by atoms with Crippen LogP contribution in [0.2, 0.25) is 17.1 Å². The van der Waals surface area contributed by atoms with Crippen LogP contribution in [-0.4, -0.2) is 8.32 Å². The van der Waals surface area contributed by atoms with E-state index in [1.165, 1.54) is 5.56 Å². The average Bonchev–Trinajstić information content (AvgIpc) is 2.48. The molecule has 1 aromatic carbocycles. The van der Waals surface area contributed by atoms with Gasteiger partial charge in [0.1, 0.15) is 5.75 Å². The molecule has 0 unspecified atom stereocenters. The molecule has 0 radical (unpaired) electrons. The van der Waals surface area contributed by atoms with Crippen LogP contribution in [0.3, 0.4) is 0 Å². The first-order valence-electron chi connectivity index (χ1n) is 6.51. The van der Waals surface area contributed by atoms with Crippen molar-refractivity contribution in [3.8, 4) is 5.75 Å². The highest BCUT2D eigenvalue weighted by Gasteiger charge is 2.43. The van der Waals surface area contributed by atoms with E-state index in [0.29, 0.717) is 11.1 Å². The lowest BCUT2D eigenvalue weighted by Crippen LogP contribution is -2.47. The summed E-state index contributed by atoms with van der Waals surface area (Å²) in [6.07, 6.45) is 4.53. The van der Waals surface area contributed by atoms with Crippen LogP contribution in [0.25, 0.3) is 6.08 Å². The molecule has 17 heavy (non-hydrogen) atoms. The van der Waals surface area contributed by atoms with Crippen LogP contribution in [-0.2, 0) is 0 Å². The van der Waals surface area contributed by atoms with Crippen molar-refractivity contribution in [1.82, 2.24) is 0 Å². The summed E-state index contributed by atoms with van der Waals surface area (Å²) in [6, 6.07) is 9.51. The number of hydrogen-bond donors (Lipinski definition) is 0. The van der Waals surface area contributed by atoms with E-state index in [1.807, 2.05) is 0 Å². The maximum Gasteiger partial charge on any atom is 0.259 e. The van der Waals surface area contributed by atoms with Crippen LogP contribution >= 0.6 is 0 Å². The van der Waals surface area contributed by atoms with E-state index in [1.54, 1.807) is 0 Å². The molecule has 1 aliphatic heterocycles. The van der Waals surface area contributed by atoms with Gasteiger partial charge in [-0.25, -0.2) is 0 Å². The molecule has 0 atom stereocenters. The zero-order valence-electron chi connectivity index (χ0n) is 11.2. The smallest absolute Gasteiger partial charge is 0.259 e. The quantitative estimate of drug-likeness (QED) is 0.677. The summed E-state index contributed by atoms with van der Waals surface area (Å²) >= 11 is 0. The van der Waals surface area contributed by atoms with Gasteiger partial charge in [0.25, 0.3) is 8.32 Å². The maximum atomic E-state index is 6.54. The Morgan fingerprint density at radius 1 is 1.06 bits per heavy atom. The van der Waals surface area contributed by atoms with Gasteiger partial charge in [0.2, 0.25) is 0 Å². The molecule has 1 heterocycles. The Hall–Kier alpha value is -1.02. The van der Waals surface area contributed by atoms with Crippen molar-refractivity contribution in [3.63, 3.8) is 0 Å². The van der Waals surface area contributed by atoms with Crippen LogP contribution in [0.4, 0.5) is 0 Å².